The van der Waals surface area contributed by atoms with Crippen molar-refractivity contribution in [3.63, 3.8) is 0 Å². The second-order valence-corrected chi connectivity index (χ2v) is 6.14. The standard InChI is InChI=1S/C15H14Br2O2/c1-9-3-4-11(16)7-15(9)19-12-5-6-13(10(2)18)14(17)8-12/h3-8,10,18H,1-2H3/t10-/m0/s1. The second kappa shape index (κ2) is 6.07. The van der Waals surface area contributed by atoms with E-state index in [0.717, 1.165) is 31.6 Å². The van der Waals surface area contributed by atoms with Gasteiger partial charge >= 0.3 is 0 Å². The van der Waals surface area contributed by atoms with Gasteiger partial charge in [-0.1, -0.05) is 44.0 Å². The molecular formula is C15H14Br2O2. The molecule has 0 heterocycles. The average Bonchev–Trinajstić information content (AvgIpc) is 2.33. The summed E-state index contributed by atoms with van der Waals surface area (Å²) in [5.41, 5.74) is 1.91. The minimum Gasteiger partial charge on any atom is -0.457 e. The molecule has 0 saturated carbocycles. The lowest BCUT2D eigenvalue weighted by atomic mass is 10.1. The first-order valence-electron chi connectivity index (χ1n) is 5.89. The van der Waals surface area contributed by atoms with E-state index in [4.69, 9.17) is 4.74 Å². The molecule has 0 unspecified atom stereocenters. The van der Waals surface area contributed by atoms with Gasteiger partial charge in [0.2, 0.25) is 0 Å². The minimum atomic E-state index is -0.504. The third-order valence-corrected chi connectivity index (χ3v) is 3.98. The third-order valence-electron chi connectivity index (χ3n) is 2.80. The molecule has 0 aliphatic heterocycles. The molecule has 4 heteroatoms. The van der Waals surface area contributed by atoms with E-state index in [2.05, 4.69) is 31.9 Å². The molecule has 0 aliphatic carbocycles. The topological polar surface area (TPSA) is 29.5 Å². The molecule has 100 valence electrons. The van der Waals surface area contributed by atoms with Gasteiger partial charge in [0.1, 0.15) is 11.5 Å². The Kier molecular flexibility index (Phi) is 4.66. The molecule has 0 bridgehead atoms. The first-order valence-corrected chi connectivity index (χ1v) is 7.47. The Hall–Kier alpha value is -0.840. The van der Waals surface area contributed by atoms with Crippen LogP contribution in [-0.4, -0.2) is 5.11 Å². The molecule has 0 aromatic heterocycles. The van der Waals surface area contributed by atoms with Crippen LogP contribution in [0.15, 0.2) is 45.3 Å². The van der Waals surface area contributed by atoms with Gasteiger partial charge in [-0.2, -0.15) is 0 Å². The highest BCUT2D eigenvalue weighted by molar-refractivity contribution is 9.10. The fraction of sp³-hybridized carbons (Fsp3) is 0.200. The molecule has 0 amide bonds. The zero-order valence-corrected chi connectivity index (χ0v) is 13.8. The van der Waals surface area contributed by atoms with E-state index in [9.17, 15) is 5.11 Å². The Morgan fingerprint density at radius 3 is 2.47 bits per heavy atom. The normalized spacial score (nSPS) is 12.3. The van der Waals surface area contributed by atoms with Crippen LogP contribution in [0.2, 0.25) is 0 Å². The summed E-state index contributed by atoms with van der Waals surface area (Å²) in [6.45, 7) is 3.74. The van der Waals surface area contributed by atoms with Crippen LogP contribution in [0.1, 0.15) is 24.2 Å². The van der Waals surface area contributed by atoms with Crippen LogP contribution in [0.25, 0.3) is 0 Å². The maximum Gasteiger partial charge on any atom is 0.131 e. The van der Waals surface area contributed by atoms with Crippen molar-refractivity contribution in [3.8, 4) is 11.5 Å². The van der Waals surface area contributed by atoms with E-state index < -0.39 is 6.10 Å². The molecule has 0 fully saturated rings. The highest BCUT2D eigenvalue weighted by Gasteiger charge is 2.08. The van der Waals surface area contributed by atoms with Crippen molar-refractivity contribution in [3.05, 3.63) is 56.5 Å². The maximum atomic E-state index is 9.59. The van der Waals surface area contributed by atoms with Crippen molar-refractivity contribution in [2.45, 2.75) is 20.0 Å². The number of benzene rings is 2. The number of halogens is 2. The molecular weight excluding hydrogens is 372 g/mol. The lowest BCUT2D eigenvalue weighted by molar-refractivity contribution is 0.198. The molecule has 1 N–H and O–H groups in total. The van der Waals surface area contributed by atoms with E-state index in [1.54, 1.807) is 6.92 Å². The SMILES string of the molecule is Cc1ccc(Br)cc1Oc1ccc([C@H](C)O)c(Br)c1. The lowest BCUT2D eigenvalue weighted by Gasteiger charge is -2.12. The van der Waals surface area contributed by atoms with Crippen LogP contribution in [-0.2, 0) is 0 Å². The molecule has 0 aliphatic rings. The van der Waals surface area contributed by atoms with Crippen LogP contribution in [0.3, 0.4) is 0 Å². The molecule has 2 aromatic carbocycles. The highest BCUT2D eigenvalue weighted by atomic mass is 79.9. The van der Waals surface area contributed by atoms with E-state index in [1.807, 2.05) is 43.3 Å². The van der Waals surface area contributed by atoms with Gasteiger partial charge in [-0.05, 0) is 49.2 Å². The highest BCUT2D eigenvalue weighted by Crippen LogP contribution is 2.32. The number of aliphatic hydroxyl groups excluding tert-OH is 1. The average molecular weight is 386 g/mol. The summed E-state index contributed by atoms with van der Waals surface area (Å²) < 4.78 is 7.68. The Morgan fingerprint density at radius 1 is 1.11 bits per heavy atom. The van der Waals surface area contributed by atoms with Crippen LogP contribution in [0.4, 0.5) is 0 Å². The van der Waals surface area contributed by atoms with Crippen molar-refractivity contribution >= 4 is 31.9 Å². The summed E-state index contributed by atoms with van der Waals surface area (Å²) >= 11 is 6.88. The minimum absolute atomic E-state index is 0.504. The van der Waals surface area contributed by atoms with Gasteiger partial charge in [-0.15, -0.1) is 0 Å². The van der Waals surface area contributed by atoms with Crippen LogP contribution >= 0.6 is 31.9 Å². The van der Waals surface area contributed by atoms with E-state index in [1.165, 1.54) is 0 Å². The van der Waals surface area contributed by atoms with Crippen molar-refractivity contribution in [2.75, 3.05) is 0 Å². The summed E-state index contributed by atoms with van der Waals surface area (Å²) in [5.74, 6) is 1.54. The summed E-state index contributed by atoms with van der Waals surface area (Å²) in [7, 11) is 0. The van der Waals surface area contributed by atoms with Gasteiger partial charge in [-0.25, -0.2) is 0 Å². The molecule has 19 heavy (non-hydrogen) atoms. The number of aliphatic hydroxyl groups is 1. The first-order chi connectivity index (χ1) is 8.97. The van der Waals surface area contributed by atoms with Crippen molar-refractivity contribution in [1.29, 1.82) is 0 Å². The molecule has 0 spiro atoms. The second-order valence-electron chi connectivity index (χ2n) is 4.37. The van der Waals surface area contributed by atoms with Gasteiger partial charge < -0.3 is 9.84 Å². The molecule has 0 saturated heterocycles. The van der Waals surface area contributed by atoms with Gasteiger partial charge in [0.25, 0.3) is 0 Å². The van der Waals surface area contributed by atoms with Crippen molar-refractivity contribution in [1.82, 2.24) is 0 Å². The number of hydrogen-bond acceptors (Lipinski definition) is 2. The smallest absolute Gasteiger partial charge is 0.131 e. The van der Waals surface area contributed by atoms with Crippen molar-refractivity contribution < 1.29 is 9.84 Å². The number of hydrogen-bond donors (Lipinski definition) is 1. The predicted octanol–water partition coefficient (Wildman–Crippen LogP) is 5.37. The summed E-state index contributed by atoms with van der Waals surface area (Å²) in [4.78, 5) is 0. The fourth-order valence-electron chi connectivity index (χ4n) is 1.72. The number of aryl methyl sites for hydroxylation is 1. The van der Waals surface area contributed by atoms with Crippen LogP contribution < -0.4 is 4.74 Å². The first kappa shape index (κ1) is 14.6. The Labute approximate surface area is 129 Å². The van der Waals surface area contributed by atoms with Gasteiger partial charge in [0.05, 0.1) is 6.10 Å². The van der Waals surface area contributed by atoms with E-state index in [-0.39, 0.29) is 0 Å². The predicted molar refractivity (Wildman–Crippen MR) is 83.7 cm³/mol. The van der Waals surface area contributed by atoms with Crippen LogP contribution in [0.5, 0.6) is 11.5 Å². The molecule has 2 rings (SSSR count). The third kappa shape index (κ3) is 3.59. The van der Waals surface area contributed by atoms with E-state index in [0.29, 0.717) is 0 Å². The van der Waals surface area contributed by atoms with Crippen LogP contribution in [0, 0.1) is 6.92 Å². The number of ether oxygens (including phenoxy) is 1. The fourth-order valence-corrected chi connectivity index (χ4v) is 2.75. The molecule has 1 atom stereocenters. The lowest BCUT2D eigenvalue weighted by Crippen LogP contribution is -1.94. The summed E-state index contributed by atoms with van der Waals surface area (Å²) in [6.07, 6.45) is -0.504. The molecule has 2 nitrogen and oxygen atoms in total. The van der Waals surface area contributed by atoms with Gasteiger partial charge in [0.15, 0.2) is 0 Å². The van der Waals surface area contributed by atoms with Crippen molar-refractivity contribution in [2.24, 2.45) is 0 Å². The summed E-state index contributed by atoms with van der Waals surface area (Å²) in [5, 5.41) is 9.59. The zero-order valence-electron chi connectivity index (χ0n) is 10.7. The number of rotatable bonds is 3. The largest absolute Gasteiger partial charge is 0.457 e. The Balaban J connectivity index is 2.29. The van der Waals surface area contributed by atoms with E-state index >= 15 is 0 Å². The molecule has 0 radical (unpaired) electrons. The zero-order chi connectivity index (χ0) is 14.0. The maximum absolute atomic E-state index is 9.59. The Bertz CT molecular complexity index is 595. The van der Waals surface area contributed by atoms with Gasteiger partial charge in [-0.3, -0.25) is 0 Å². The summed E-state index contributed by atoms with van der Waals surface area (Å²) in [6, 6.07) is 11.5. The Morgan fingerprint density at radius 2 is 1.84 bits per heavy atom. The quantitative estimate of drug-likeness (QED) is 0.769. The van der Waals surface area contributed by atoms with Gasteiger partial charge in [0, 0.05) is 8.95 Å². The molecule has 2 aromatic rings. The monoisotopic (exact) mass is 384 g/mol.